The SMILES string of the molecule is CCNC(=O)c1c(NC[C@H](N)Cc2ccccc2)nc(C(N)=O)n1Cc1cc(Br)c2c(c1)CCO2. The van der Waals surface area contributed by atoms with E-state index in [4.69, 9.17) is 16.2 Å². The Kier molecular flexibility index (Phi) is 7.72. The van der Waals surface area contributed by atoms with Crippen molar-refractivity contribution in [2.24, 2.45) is 11.5 Å². The van der Waals surface area contributed by atoms with Gasteiger partial charge in [-0.05, 0) is 52.0 Å². The maximum atomic E-state index is 13.1. The number of primary amides is 1. The van der Waals surface area contributed by atoms with Gasteiger partial charge in [-0.15, -0.1) is 0 Å². The van der Waals surface area contributed by atoms with E-state index in [0.717, 1.165) is 33.3 Å². The van der Waals surface area contributed by atoms with Crippen molar-refractivity contribution in [3.63, 3.8) is 0 Å². The summed E-state index contributed by atoms with van der Waals surface area (Å²) >= 11 is 3.56. The van der Waals surface area contributed by atoms with Crippen LogP contribution in [0.3, 0.4) is 0 Å². The van der Waals surface area contributed by atoms with E-state index in [1.165, 1.54) is 0 Å². The summed E-state index contributed by atoms with van der Waals surface area (Å²) in [5, 5.41) is 5.98. The highest BCUT2D eigenvalue weighted by Gasteiger charge is 2.26. The molecular formula is C25H29BrN6O3. The number of carbonyl (C=O) groups is 2. The van der Waals surface area contributed by atoms with Gasteiger partial charge in [-0.3, -0.25) is 9.59 Å². The molecule has 6 N–H and O–H groups in total. The van der Waals surface area contributed by atoms with Crippen LogP contribution in [0.4, 0.5) is 5.82 Å². The molecule has 0 spiro atoms. The average molecular weight is 541 g/mol. The number of halogens is 1. The van der Waals surface area contributed by atoms with E-state index >= 15 is 0 Å². The van der Waals surface area contributed by atoms with Crippen LogP contribution in [0.5, 0.6) is 5.75 Å². The minimum Gasteiger partial charge on any atom is -0.492 e. The fourth-order valence-corrected chi connectivity index (χ4v) is 4.87. The summed E-state index contributed by atoms with van der Waals surface area (Å²) in [6.45, 7) is 3.47. The Morgan fingerprint density at radius 2 is 2.00 bits per heavy atom. The minimum absolute atomic E-state index is 0.00162. The van der Waals surface area contributed by atoms with Crippen molar-refractivity contribution in [1.82, 2.24) is 14.9 Å². The van der Waals surface area contributed by atoms with Crippen molar-refractivity contribution in [2.75, 3.05) is 25.0 Å². The van der Waals surface area contributed by atoms with Crippen LogP contribution in [0.25, 0.3) is 0 Å². The second-order valence-corrected chi connectivity index (χ2v) is 9.29. The lowest BCUT2D eigenvalue weighted by Gasteiger charge is -2.15. The molecule has 0 unspecified atom stereocenters. The molecule has 0 saturated heterocycles. The van der Waals surface area contributed by atoms with Gasteiger partial charge in [-0.2, -0.15) is 0 Å². The largest absolute Gasteiger partial charge is 0.492 e. The first-order valence-electron chi connectivity index (χ1n) is 11.5. The molecule has 0 saturated carbocycles. The molecule has 2 aromatic carbocycles. The van der Waals surface area contributed by atoms with Crippen molar-refractivity contribution < 1.29 is 14.3 Å². The van der Waals surface area contributed by atoms with Gasteiger partial charge in [0.05, 0.1) is 17.6 Å². The Morgan fingerprint density at radius 3 is 2.71 bits per heavy atom. The molecule has 10 heteroatoms. The quantitative estimate of drug-likeness (QED) is 0.311. The predicted octanol–water partition coefficient (Wildman–Crippen LogP) is 2.46. The van der Waals surface area contributed by atoms with E-state index < -0.39 is 5.91 Å². The third-order valence-electron chi connectivity index (χ3n) is 5.75. The Morgan fingerprint density at radius 1 is 1.23 bits per heavy atom. The summed E-state index contributed by atoms with van der Waals surface area (Å²) in [7, 11) is 0. The van der Waals surface area contributed by atoms with E-state index in [-0.39, 0.29) is 35.8 Å². The number of fused-ring (bicyclic) bond motifs is 1. The number of ether oxygens (including phenoxy) is 1. The second kappa shape index (κ2) is 10.9. The van der Waals surface area contributed by atoms with Gasteiger partial charge in [0.15, 0.2) is 11.5 Å². The molecule has 0 fully saturated rings. The molecule has 1 aromatic heterocycles. The van der Waals surface area contributed by atoms with E-state index in [0.29, 0.717) is 26.1 Å². The van der Waals surface area contributed by atoms with Gasteiger partial charge in [0, 0.05) is 25.6 Å². The first-order chi connectivity index (χ1) is 16.9. The lowest BCUT2D eigenvalue weighted by atomic mass is 10.1. The number of amides is 2. The highest BCUT2D eigenvalue weighted by atomic mass is 79.9. The predicted molar refractivity (Wildman–Crippen MR) is 138 cm³/mol. The van der Waals surface area contributed by atoms with Gasteiger partial charge in [0.2, 0.25) is 5.82 Å². The molecule has 0 radical (unpaired) electrons. The van der Waals surface area contributed by atoms with Crippen LogP contribution in [0.1, 0.15) is 44.7 Å². The van der Waals surface area contributed by atoms with Gasteiger partial charge < -0.3 is 31.4 Å². The van der Waals surface area contributed by atoms with Crippen LogP contribution in [0.15, 0.2) is 46.9 Å². The molecule has 3 aromatic rings. The molecule has 2 heterocycles. The van der Waals surface area contributed by atoms with Gasteiger partial charge in [0.25, 0.3) is 11.8 Å². The highest BCUT2D eigenvalue weighted by Crippen LogP contribution is 2.35. The number of hydrogen-bond acceptors (Lipinski definition) is 6. The van der Waals surface area contributed by atoms with E-state index in [9.17, 15) is 9.59 Å². The van der Waals surface area contributed by atoms with Crippen LogP contribution in [0, 0.1) is 0 Å². The molecule has 4 rings (SSSR count). The fourth-order valence-electron chi connectivity index (χ4n) is 4.21. The van der Waals surface area contributed by atoms with Crippen LogP contribution in [-0.4, -0.2) is 47.1 Å². The van der Waals surface area contributed by atoms with Crippen molar-refractivity contribution >= 4 is 33.6 Å². The zero-order valence-electron chi connectivity index (χ0n) is 19.5. The van der Waals surface area contributed by atoms with E-state index in [2.05, 4.69) is 31.5 Å². The normalized spacial score (nSPS) is 13.1. The van der Waals surface area contributed by atoms with Crippen LogP contribution in [0.2, 0.25) is 0 Å². The topological polar surface area (TPSA) is 137 Å². The number of anilines is 1. The van der Waals surface area contributed by atoms with Crippen molar-refractivity contribution in [2.45, 2.75) is 32.4 Å². The molecule has 2 amide bonds. The first kappa shape index (κ1) is 24.7. The number of benzene rings is 2. The van der Waals surface area contributed by atoms with Gasteiger partial charge in [-0.1, -0.05) is 36.4 Å². The average Bonchev–Trinajstić information content (AvgIpc) is 3.44. The summed E-state index contributed by atoms with van der Waals surface area (Å²) in [5.41, 5.74) is 15.3. The molecule has 1 atom stereocenters. The van der Waals surface area contributed by atoms with Crippen molar-refractivity contribution in [3.05, 3.63) is 75.1 Å². The molecule has 0 aliphatic carbocycles. The zero-order valence-corrected chi connectivity index (χ0v) is 21.1. The standard InChI is InChI=1S/C25H29BrN6O3/c1-2-29-25(34)20-23(30-13-18(27)11-15-6-4-3-5-7-15)31-24(22(28)33)32(20)14-16-10-17-8-9-35-21(17)19(26)12-16/h3-7,10,12,18,30H,2,8-9,11,13-14,27H2,1H3,(H2,28,33)(H,29,34)/t18-/m1/s1. The molecule has 0 bridgehead atoms. The number of carbonyl (C=O) groups excluding carboxylic acids is 2. The number of imidazole rings is 1. The van der Waals surface area contributed by atoms with Crippen LogP contribution in [-0.2, 0) is 19.4 Å². The number of aromatic nitrogens is 2. The number of nitrogens with one attached hydrogen (secondary N) is 2. The lowest BCUT2D eigenvalue weighted by Crippen LogP contribution is -2.32. The number of nitrogens with zero attached hydrogens (tertiary/aromatic N) is 2. The number of rotatable bonds is 10. The smallest absolute Gasteiger partial charge is 0.284 e. The van der Waals surface area contributed by atoms with Crippen molar-refractivity contribution in [3.8, 4) is 5.75 Å². The summed E-state index contributed by atoms with van der Waals surface area (Å²) in [4.78, 5) is 29.8. The maximum Gasteiger partial charge on any atom is 0.284 e. The highest BCUT2D eigenvalue weighted by molar-refractivity contribution is 9.10. The number of hydrogen-bond donors (Lipinski definition) is 4. The third-order valence-corrected chi connectivity index (χ3v) is 6.34. The lowest BCUT2D eigenvalue weighted by molar-refractivity contribution is 0.0947. The Bertz CT molecular complexity index is 1230. The Balaban J connectivity index is 1.64. The molecule has 35 heavy (non-hydrogen) atoms. The maximum absolute atomic E-state index is 13.1. The summed E-state index contributed by atoms with van der Waals surface area (Å²) < 4.78 is 8.05. The molecule has 9 nitrogen and oxygen atoms in total. The van der Waals surface area contributed by atoms with E-state index in [1.54, 1.807) is 4.57 Å². The third kappa shape index (κ3) is 5.66. The minimum atomic E-state index is -0.722. The molecule has 1 aliphatic rings. The second-order valence-electron chi connectivity index (χ2n) is 8.44. The molecule has 1 aliphatic heterocycles. The van der Waals surface area contributed by atoms with Crippen LogP contribution < -0.4 is 26.8 Å². The summed E-state index contributed by atoms with van der Waals surface area (Å²) in [6.07, 6.45) is 1.45. The summed E-state index contributed by atoms with van der Waals surface area (Å²) in [6, 6.07) is 13.6. The number of nitrogens with two attached hydrogens (primary N) is 2. The van der Waals surface area contributed by atoms with Gasteiger partial charge in [0.1, 0.15) is 5.75 Å². The Labute approximate surface area is 212 Å². The fraction of sp³-hybridized carbons (Fsp3) is 0.320. The van der Waals surface area contributed by atoms with Crippen molar-refractivity contribution in [1.29, 1.82) is 0 Å². The zero-order chi connectivity index (χ0) is 24.9. The molecule has 184 valence electrons. The summed E-state index contributed by atoms with van der Waals surface area (Å²) in [5.74, 6) is 0.0271. The Hall–Kier alpha value is -3.37. The van der Waals surface area contributed by atoms with Crippen LogP contribution >= 0.6 is 15.9 Å². The van der Waals surface area contributed by atoms with Gasteiger partial charge in [-0.25, -0.2) is 4.98 Å². The molecular weight excluding hydrogens is 512 g/mol. The monoisotopic (exact) mass is 540 g/mol. The van der Waals surface area contributed by atoms with E-state index in [1.807, 2.05) is 49.4 Å². The van der Waals surface area contributed by atoms with Gasteiger partial charge >= 0.3 is 0 Å². The first-order valence-corrected chi connectivity index (χ1v) is 12.3.